The Bertz CT molecular complexity index is 1030. The molecular formula is C18H19N5O2S. The normalized spacial score (nSPS) is 17.6. The fraction of sp³-hybridized carbons (Fsp3) is 0.389. The molecule has 4 rings (SSSR count). The Morgan fingerprint density at radius 1 is 1.35 bits per heavy atom. The summed E-state index contributed by atoms with van der Waals surface area (Å²) in [4.78, 5) is 44.5. The van der Waals surface area contributed by atoms with E-state index < -0.39 is 0 Å². The number of H-pyrrole nitrogens is 1. The zero-order valence-electron chi connectivity index (χ0n) is 14.7. The number of nitrogens with zero attached hydrogens (tertiary/aromatic N) is 4. The Kier molecular flexibility index (Phi) is 4.28. The van der Waals surface area contributed by atoms with Crippen LogP contribution < -0.4 is 5.56 Å². The average molecular weight is 369 g/mol. The molecule has 0 radical (unpaired) electrons. The molecule has 3 aromatic rings. The second-order valence-electron chi connectivity index (χ2n) is 6.60. The van der Waals surface area contributed by atoms with Crippen molar-refractivity contribution in [2.45, 2.75) is 32.6 Å². The quantitative estimate of drug-likeness (QED) is 0.749. The average Bonchev–Trinajstić information content (AvgIpc) is 2.96. The molecule has 1 aliphatic heterocycles. The van der Waals surface area contributed by atoms with Crippen molar-refractivity contribution in [3.8, 4) is 0 Å². The summed E-state index contributed by atoms with van der Waals surface area (Å²) in [5.41, 5.74) is 1.24. The highest BCUT2D eigenvalue weighted by Crippen LogP contribution is 2.29. The minimum atomic E-state index is -0.131. The molecule has 134 valence electrons. The minimum absolute atomic E-state index is 0.0178. The second kappa shape index (κ2) is 6.60. The predicted molar refractivity (Wildman–Crippen MR) is 99.6 cm³/mol. The van der Waals surface area contributed by atoms with Gasteiger partial charge < -0.3 is 9.88 Å². The second-order valence-corrected chi connectivity index (χ2v) is 7.80. The van der Waals surface area contributed by atoms with Crippen molar-refractivity contribution >= 4 is 27.5 Å². The SMILES string of the molecule is Cc1sc2nc(C3CCCN(C(=O)c4cnccn4)C3)[nH]c(=O)c2c1C. The van der Waals surface area contributed by atoms with Crippen molar-refractivity contribution in [3.05, 3.63) is 50.9 Å². The smallest absolute Gasteiger partial charge is 0.274 e. The number of aryl methyl sites for hydroxylation is 2. The maximum Gasteiger partial charge on any atom is 0.274 e. The van der Waals surface area contributed by atoms with Crippen molar-refractivity contribution < 1.29 is 4.79 Å². The largest absolute Gasteiger partial charge is 0.337 e. The molecule has 1 N–H and O–H groups in total. The number of thiophene rings is 1. The van der Waals surface area contributed by atoms with Gasteiger partial charge in [0.15, 0.2) is 0 Å². The predicted octanol–water partition coefficient (Wildman–Crippen LogP) is 2.41. The highest BCUT2D eigenvalue weighted by atomic mass is 32.1. The number of hydrogen-bond donors (Lipinski definition) is 1. The fourth-order valence-electron chi connectivity index (χ4n) is 3.42. The van der Waals surface area contributed by atoms with E-state index in [1.807, 2.05) is 13.8 Å². The Balaban J connectivity index is 1.63. The third-order valence-electron chi connectivity index (χ3n) is 4.93. The molecule has 8 heteroatoms. The van der Waals surface area contributed by atoms with Crippen LogP contribution in [0.3, 0.4) is 0 Å². The van der Waals surface area contributed by atoms with Crippen LogP contribution in [0.25, 0.3) is 10.2 Å². The molecule has 1 amide bonds. The molecule has 0 aliphatic carbocycles. The van der Waals surface area contributed by atoms with Gasteiger partial charge in [0.25, 0.3) is 11.5 Å². The van der Waals surface area contributed by atoms with Crippen molar-refractivity contribution in [2.24, 2.45) is 0 Å². The molecule has 7 nitrogen and oxygen atoms in total. The van der Waals surface area contributed by atoms with Gasteiger partial charge in [0.2, 0.25) is 0 Å². The summed E-state index contributed by atoms with van der Waals surface area (Å²) in [5, 5.41) is 0.680. The summed E-state index contributed by atoms with van der Waals surface area (Å²) in [7, 11) is 0. The van der Waals surface area contributed by atoms with E-state index in [2.05, 4.69) is 15.0 Å². The molecule has 26 heavy (non-hydrogen) atoms. The first kappa shape index (κ1) is 16.8. The summed E-state index contributed by atoms with van der Waals surface area (Å²) in [5.74, 6) is 0.554. The molecular weight excluding hydrogens is 350 g/mol. The number of aromatic nitrogens is 4. The monoisotopic (exact) mass is 369 g/mol. The molecule has 3 aromatic heterocycles. The summed E-state index contributed by atoms with van der Waals surface area (Å²) in [6.07, 6.45) is 6.30. The van der Waals surface area contributed by atoms with Gasteiger partial charge in [-0.15, -0.1) is 11.3 Å². The van der Waals surface area contributed by atoms with Crippen molar-refractivity contribution in [1.82, 2.24) is 24.8 Å². The standard InChI is InChI=1S/C18H19N5O2S/c1-10-11(2)26-17-14(10)16(24)21-15(22-17)12-4-3-7-23(9-12)18(25)13-8-19-5-6-20-13/h5-6,8,12H,3-4,7,9H2,1-2H3,(H,21,22,24). The maximum atomic E-state index is 12.6. The number of carbonyl (C=O) groups excluding carboxylic acids is 1. The Hall–Kier alpha value is -2.61. The number of nitrogens with one attached hydrogen (secondary N) is 1. The molecule has 1 aliphatic rings. The van der Waals surface area contributed by atoms with E-state index in [1.165, 1.54) is 12.4 Å². The number of rotatable bonds is 2. The first-order valence-corrected chi connectivity index (χ1v) is 9.41. The van der Waals surface area contributed by atoms with E-state index in [1.54, 1.807) is 22.4 Å². The van der Waals surface area contributed by atoms with Crippen LogP contribution in [0.2, 0.25) is 0 Å². The molecule has 1 unspecified atom stereocenters. The minimum Gasteiger partial charge on any atom is -0.337 e. The van der Waals surface area contributed by atoms with E-state index in [-0.39, 0.29) is 17.4 Å². The van der Waals surface area contributed by atoms with Gasteiger partial charge in [0, 0.05) is 36.3 Å². The first-order valence-electron chi connectivity index (χ1n) is 8.60. The number of likely N-dealkylation sites (tertiary alicyclic amines) is 1. The van der Waals surface area contributed by atoms with Crippen LogP contribution in [-0.2, 0) is 0 Å². The summed E-state index contributed by atoms with van der Waals surface area (Å²) >= 11 is 1.55. The Morgan fingerprint density at radius 3 is 2.96 bits per heavy atom. The zero-order chi connectivity index (χ0) is 18.3. The van der Waals surface area contributed by atoms with Gasteiger partial charge in [0.1, 0.15) is 16.3 Å². The fourth-order valence-corrected chi connectivity index (χ4v) is 4.46. The highest BCUT2D eigenvalue weighted by molar-refractivity contribution is 7.18. The first-order chi connectivity index (χ1) is 12.5. The topological polar surface area (TPSA) is 91.8 Å². The summed E-state index contributed by atoms with van der Waals surface area (Å²) < 4.78 is 0. The summed E-state index contributed by atoms with van der Waals surface area (Å²) in [6, 6.07) is 0. The Labute approximate surface area is 154 Å². The van der Waals surface area contributed by atoms with Gasteiger partial charge in [-0.05, 0) is 32.3 Å². The molecule has 1 saturated heterocycles. The van der Waals surface area contributed by atoms with Crippen LogP contribution in [0.1, 0.15) is 45.5 Å². The molecule has 4 heterocycles. The van der Waals surface area contributed by atoms with Crippen LogP contribution in [0.4, 0.5) is 0 Å². The lowest BCUT2D eigenvalue weighted by molar-refractivity contribution is 0.0698. The van der Waals surface area contributed by atoms with Gasteiger partial charge in [-0.3, -0.25) is 14.6 Å². The lowest BCUT2D eigenvalue weighted by atomic mass is 9.97. The number of amides is 1. The van der Waals surface area contributed by atoms with E-state index in [9.17, 15) is 9.59 Å². The number of aromatic amines is 1. The van der Waals surface area contributed by atoms with Gasteiger partial charge in [-0.2, -0.15) is 0 Å². The summed E-state index contributed by atoms with van der Waals surface area (Å²) in [6.45, 7) is 5.15. The van der Waals surface area contributed by atoms with Gasteiger partial charge in [-0.1, -0.05) is 0 Å². The van der Waals surface area contributed by atoms with Gasteiger partial charge in [0.05, 0.1) is 11.6 Å². The number of hydrogen-bond acceptors (Lipinski definition) is 6. The molecule has 0 bridgehead atoms. The van der Waals surface area contributed by atoms with E-state index >= 15 is 0 Å². The van der Waals surface area contributed by atoms with Gasteiger partial charge in [-0.25, -0.2) is 9.97 Å². The van der Waals surface area contributed by atoms with Crippen LogP contribution in [-0.4, -0.2) is 43.8 Å². The number of fused-ring (bicyclic) bond motifs is 1. The molecule has 1 fully saturated rings. The van der Waals surface area contributed by atoms with Crippen molar-refractivity contribution in [2.75, 3.05) is 13.1 Å². The lowest BCUT2D eigenvalue weighted by Gasteiger charge is -2.31. The van der Waals surface area contributed by atoms with Crippen molar-refractivity contribution in [1.29, 1.82) is 0 Å². The molecule has 0 spiro atoms. The molecule has 0 aromatic carbocycles. The molecule has 0 saturated carbocycles. The van der Waals surface area contributed by atoms with Crippen LogP contribution in [0.15, 0.2) is 23.4 Å². The molecule has 1 atom stereocenters. The van der Waals surface area contributed by atoms with Crippen LogP contribution in [0, 0.1) is 13.8 Å². The number of carbonyl (C=O) groups is 1. The van der Waals surface area contributed by atoms with Crippen LogP contribution in [0.5, 0.6) is 0 Å². The third kappa shape index (κ3) is 2.90. The van der Waals surface area contributed by atoms with Gasteiger partial charge >= 0.3 is 0 Å². The highest BCUT2D eigenvalue weighted by Gasteiger charge is 2.28. The Morgan fingerprint density at radius 2 is 2.19 bits per heavy atom. The third-order valence-corrected chi connectivity index (χ3v) is 6.04. The lowest BCUT2D eigenvalue weighted by Crippen LogP contribution is -2.40. The van der Waals surface area contributed by atoms with Crippen molar-refractivity contribution in [3.63, 3.8) is 0 Å². The van der Waals surface area contributed by atoms with Crippen LogP contribution >= 0.6 is 11.3 Å². The zero-order valence-corrected chi connectivity index (χ0v) is 15.5. The number of piperidine rings is 1. The van der Waals surface area contributed by atoms with E-state index in [0.29, 0.717) is 30.0 Å². The van der Waals surface area contributed by atoms with E-state index in [0.717, 1.165) is 28.1 Å². The van der Waals surface area contributed by atoms with E-state index in [4.69, 9.17) is 4.98 Å². The maximum absolute atomic E-state index is 12.6.